The number of nitrogens with two attached hydrogens (primary N) is 1. The number of carboxylic acids is 2. The first-order chi connectivity index (χ1) is 8.90. The molecule has 1 heterocycles. The largest absolute Gasteiger partial charge is 0.481 e. The van der Waals surface area contributed by atoms with Gasteiger partial charge in [0.05, 0.1) is 10.8 Å². The second-order valence-corrected chi connectivity index (χ2v) is 5.56. The molecule has 0 aliphatic heterocycles. The number of halogens is 1. The second kappa shape index (κ2) is 9.77. The lowest BCUT2D eigenvalue weighted by Gasteiger charge is -2.08. The molecule has 1 atom stereocenters. The molecule has 0 saturated carbocycles. The van der Waals surface area contributed by atoms with Crippen LogP contribution in [0, 0.1) is 0 Å². The van der Waals surface area contributed by atoms with Crippen molar-refractivity contribution in [3.8, 4) is 0 Å². The quantitative estimate of drug-likeness (QED) is 0.750. The zero-order chi connectivity index (χ0) is 14.8. The molecule has 0 bridgehead atoms. The molecule has 0 saturated heterocycles. The monoisotopic (exact) mass is 307 g/mol. The highest BCUT2D eigenvalue weighted by molar-refractivity contribution is 7.16. The molecule has 0 amide bonds. The summed E-state index contributed by atoms with van der Waals surface area (Å²) < 4.78 is 0.666. The number of carboxylic acid groups (broad SMARTS) is 2. The molecular formula is C12H18ClNO4S. The fourth-order valence-electron chi connectivity index (χ4n) is 1.27. The maximum Gasteiger partial charge on any atom is 0.304 e. The lowest BCUT2D eigenvalue weighted by Crippen LogP contribution is -2.15. The molecule has 0 aliphatic rings. The van der Waals surface area contributed by atoms with Crippen molar-refractivity contribution in [2.24, 2.45) is 5.73 Å². The van der Waals surface area contributed by atoms with Crippen LogP contribution in [0.5, 0.6) is 0 Å². The van der Waals surface area contributed by atoms with Crippen LogP contribution >= 0.6 is 22.9 Å². The third-order valence-electron chi connectivity index (χ3n) is 2.17. The van der Waals surface area contributed by atoms with Crippen LogP contribution in [0.3, 0.4) is 0 Å². The van der Waals surface area contributed by atoms with Crippen molar-refractivity contribution in [1.29, 1.82) is 0 Å². The summed E-state index contributed by atoms with van der Waals surface area (Å²) in [4.78, 5) is 21.0. The number of hydrogen-bond donors (Lipinski definition) is 3. The van der Waals surface area contributed by atoms with Crippen LogP contribution in [0.4, 0.5) is 0 Å². The molecule has 7 heteroatoms. The van der Waals surface area contributed by atoms with Crippen LogP contribution in [0.2, 0.25) is 4.34 Å². The SMILES string of the molecule is CCCC(=O)O.NCC(CC(=O)O)c1ccc(Cl)s1. The summed E-state index contributed by atoms with van der Waals surface area (Å²) in [7, 11) is 0. The first-order valence-electron chi connectivity index (χ1n) is 5.79. The third-order valence-corrected chi connectivity index (χ3v) is 3.56. The normalized spacial score (nSPS) is 11.3. The van der Waals surface area contributed by atoms with E-state index in [1.807, 2.05) is 13.0 Å². The number of aliphatic carboxylic acids is 2. The van der Waals surface area contributed by atoms with Gasteiger partial charge in [0.2, 0.25) is 0 Å². The minimum Gasteiger partial charge on any atom is -0.481 e. The molecule has 0 spiro atoms. The van der Waals surface area contributed by atoms with Crippen molar-refractivity contribution in [2.45, 2.75) is 32.1 Å². The van der Waals surface area contributed by atoms with Crippen LogP contribution < -0.4 is 5.73 Å². The lowest BCUT2D eigenvalue weighted by atomic mass is 10.0. The Balaban J connectivity index is 0.000000459. The Morgan fingerprint density at radius 1 is 1.37 bits per heavy atom. The molecule has 5 nitrogen and oxygen atoms in total. The fraction of sp³-hybridized carbons (Fsp3) is 0.500. The molecule has 0 radical (unpaired) electrons. The van der Waals surface area contributed by atoms with Crippen molar-refractivity contribution in [3.05, 3.63) is 21.3 Å². The zero-order valence-electron chi connectivity index (χ0n) is 10.6. The van der Waals surface area contributed by atoms with Gasteiger partial charge in [-0.25, -0.2) is 0 Å². The summed E-state index contributed by atoms with van der Waals surface area (Å²) in [6, 6.07) is 3.58. The highest BCUT2D eigenvalue weighted by atomic mass is 35.5. The van der Waals surface area contributed by atoms with Crippen LogP contribution in [0.1, 0.15) is 37.0 Å². The Bertz CT molecular complexity index is 408. The number of thiophene rings is 1. The summed E-state index contributed by atoms with van der Waals surface area (Å²) in [6.07, 6.45) is 1.09. The van der Waals surface area contributed by atoms with Crippen LogP contribution in [-0.2, 0) is 9.59 Å². The van der Waals surface area contributed by atoms with E-state index in [-0.39, 0.29) is 12.3 Å². The Labute approximate surface area is 121 Å². The van der Waals surface area contributed by atoms with E-state index in [9.17, 15) is 9.59 Å². The smallest absolute Gasteiger partial charge is 0.304 e. The molecular weight excluding hydrogens is 290 g/mol. The van der Waals surface area contributed by atoms with E-state index in [0.29, 0.717) is 17.3 Å². The molecule has 1 aromatic heterocycles. The molecule has 0 fully saturated rings. The van der Waals surface area contributed by atoms with E-state index in [2.05, 4.69) is 0 Å². The van der Waals surface area contributed by atoms with Crippen molar-refractivity contribution < 1.29 is 19.8 Å². The van der Waals surface area contributed by atoms with Crippen LogP contribution in [0.25, 0.3) is 0 Å². The first kappa shape index (κ1) is 17.9. The number of carbonyl (C=O) groups is 2. The molecule has 1 rings (SSSR count). The van der Waals surface area contributed by atoms with Gasteiger partial charge in [-0.2, -0.15) is 0 Å². The zero-order valence-corrected chi connectivity index (χ0v) is 12.2. The van der Waals surface area contributed by atoms with Gasteiger partial charge in [-0.05, 0) is 18.6 Å². The van der Waals surface area contributed by atoms with Gasteiger partial charge < -0.3 is 15.9 Å². The van der Waals surface area contributed by atoms with Gasteiger partial charge in [0.1, 0.15) is 0 Å². The van der Waals surface area contributed by atoms with Gasteiger partial charge >= 0.3 is 11.9 Å². The molecule has 108 valence electrons. The van der Waals surface area contributed by atoms with Crippen molar-refractivity contribution >= 4 is 34.9 Å². The Hall–Kier alpha value is -1.11. The average molecular weight is 308 g/mol. The van der Waals surface area contributed by atoms with E-state index in [0.717, 1.165) is 11.3 Å². The van der Waals surface area contributed by atoms with E-state index in [1.165, 1.54) is 11.3 Å². The number of rotatable bonds is 6. The molecule has 0 aliphatic carbocycles. The van der Waals surface area contributed by atoms with Gasteiger partial charge in [0.25, 0.3) is 0 Å². The first-order valence-corrected chi connectivity index (χ1v) is 6.99. The van der Waals surface area contributed by atoms with E-state index in [4.69, 9.17) is 27.5 Å². The fourth-order valence-corrected chi connectivity index (χ4v) is 2.45. The maximum absolute atomic E-state index is 10.5. The number of hydrogen-bond acceptors (Lipinski definition) is 4. The predicted molar refractivity (Wildman–Crippen MR) is 75.9 cm³/mol. The van der Waals surface area contributed by atoms with Gasteiger partial charge in [0, 0.05) is 23.8 Å². The molecule has 1 unspecified atom stereocenters. The van der Waals surface area contributed by atoms with Crippen LogP contribution in [0.15, 0.2) is 12.1 Å². The molecule has 1 aromatic rings. The summed E-state index contributed by atoms with van der Waals surface area (Å²) in [5, 5.41) is 16.5. The van der Waals surface area contributed by atoms with E-state index < -0.39 is 11.9 Å². The Morgan fingerprint density at radius 2 is 2.00 bits per heavy atom. The molecule has 4 N–H and O–H groups in total. The highest BCUT2D eigenvalue weighted by Crippen LogP contribution is 2.29. The standard InChI is InChI=1S/C8H10ClNO2S.C4H8O2/c9-7-2-1-6(13-7)5(4-10)3-8(11)12;1-2-3-4(5)6/h1-2,5H,3-4,10H2,(H,11,12);2-3H2,1H3,(H,5,6). The summed E-state index contributed by atoms with van der Waals surface area (Å²) in [5.74, 6) is -1.66. The minimum atomic E-state index is -0.833. The van der Waals surface area contributed by atoms with Crippen molar-refractivity contribution in [3.63, 3.8) is 0 Å². The van der Waals surface area contributed by atoms with Crippen LogP contribution in [-0.4, -0.2) is 28.7 Å². The van der Waals surface area contributed by atoms with Gasteiger partial charge in [0.15, 0.2) is 0 Å². The van der Waals surface area contributed by atoms with E-state index >= 15 is 0 Å². The second-order valence-electron chi connectivity index (χ2n) is 3.82. The predicted octanol–water partition coefficient (Wildman–Crippen LogP) is 2.79. The lowest BCUT2D eigenvalue weighted by molar-refractivity contribution is -0.138. The summed E-state index contributed by atoms with van der Waals surface area (Å²) in [5.41, 5.74) is 5.46. The molecule has 0 aromatic carbocycles. The molecule has 19 heavy (non-hydrogen) atoms. The van der Waals surface area contributed by atoms with Crippen molar-refractivity contribution in [1.82, 2.24) is 0 Å². The van der Waals surface area contributed by atoms with Crippen molar-refractivity contribution in [2.75, 3.05) is 6.54 Å². The van der Waals surface area contributed by atoms with Gasteiger partial charge in [-0.15, -0.1) is 11.3 Å². The average Bonchev–Trinajstić information content (AvgIpc) is 2.73. The maximum atomic E-state index is 10.5. The highest BCUT2D eigenvalue weighted by Gasteiger charge is 2.15. The summed E-state index contributed by atoms with van der Waals surface area (Å²) >= 11 is 7.11. The Morgan fingerprint density at radius 3 is 2.26 bits per heavy atom. The van der Waals surface area contributed by atoms with Gasteiger partial charge in [-0.3, -0.25) is 9.59 Å². The Kier molecular flexibility index (Phi) is 9.20. The van der Waals surface area contributed by atoms with E-state index in [1.54, 1.807) is 6.07 Å². The minimum absolute atomic E-state index is 0.0628. The topological polar surface area (TPSA) is 101 Å². The summed E-state index contributed by atoms with van der Waals surface area (Å²) in [6.45, 7) is 2.18. The third kappa shape index (κ3) is 8.58. The van der Waals surface area contributed by atoms with Gasteiger partial charge in [-0.1, -0.05) is 18.5 Å².